The molecule has 0 heterocycles. The summed E-state index contributed by atoms with van der Waals surface area (Å²) in [5, 5.41) is 0. The van der Waals surface area contributed by atoms with E-state index in [1.54, 1.807) is 11.6 Å². The van der Waals surface area contributed by atoms with E-state index in [0.29, 0.717) is 0 Å². The molecule has 190 valence electrons. The first kappa shape index (κ1) is 28.7. The molecule has 2 unspecified atom stereocenters. The maximum atomic E-state index is 2.55. The largest absolute Gasteiger partial charge is 0.0654 e. The second-order valence-electron chi connectivity index (χ2n) is 11.7. The van der Waals surface area contributed by atoms with Crippen molar-refractivity contribution in [2.45, 2.75) is 148 Å². The minimum absolute atomic E-state index is 0.0110. The number of hydrogen-bond acceptors (Lipinski definition) is 0. The van der Waals surface area contributed by atoms with Crippen LogP contribution in [0.1, 0.15) is 147 Å². The zero-order chi connectivity index (χ0) is 23.6. The number of hydrogen-bond donors (Lipinski definition) is 0. The summed E-state index contributed by atoms with van der Waals surface area (Å²) in [6.07, 6.45) is 26.6. The second-order valence-corrected chi connectivity index (χ2v) is 13.9. The van der Waals surface area contributed by atoms with Gasteiger partial charge in [0.05, 0.1) is 0 Å². The van der Waals surface area contributed by atoms with Crippen LogP contribution in [0.3, 0.4) is 0 Å². The summed E-state index contributed by atoms with van der Waals surface area (Å²) in [7, 11) is 0.0110. The normalized spacial score (nSPS) is 20.9. The van der Waals surface area contributed by atoms with Crippen LogP contribution in [-0.2, 0) is 0 Å². The molecule has 1 aromatic carbocycles. The standard InChI is InChI=1S/C32H58Si/c1-4-6-8-9-10-12-16-29-22-24-30(25-23-29)21-19-28(3)20-26-32(33-27-15-7-5-2)31-17-13-11-14-18-31/h11,13-14,17-18,28-30,32H,4-10,12,15-16,19-27,33H2,1-3H3. The van der Waals surface area contributed by atoms with Gasteiger partial charge in [0, 0.05) is 9.52 Å². The first-order valence-corrected chi connectivity index (χ1v) is 17.1. The molecule has 0 bridgehead atoms. The Bertz CT molecular complexity index is 545. The number of benzene rings is 1. The molecule has 1 saturated carbocycles. The maximum Gasteiger partial charge on any atom is 0.0287 e. The van der Waals surface area contributed by atoms with Gasteiger partial charge >= 0.3 is 0 Å². The lowest BCUT2D eigenvalue weighted by Gasteiger charge is -2.29. The summed E-state index contributed by atoms with van der Waals surface area (Å²) in [6, 6.07) is 13.1. The molecule has 0 amide bonds. The summed E-state index contributed by atoms with van der Waals surface area (Å²) in [6.45, 7) is 7.20. The van der Waals surface area contributed by atoms with Gasteiger partial charge in [0.25, 0.3) is 0 Å². The molecular formula is C32H58Si. The van der Waals surface area contributed by atoms with Crippen LogP contribution in [0.25, 0.3) is 0 Å². The van der Waals surface area contributed by atoms with Crippen molar-refractivity contribution in [1.29, 1.82) is 0 Å². The number of unbranched alkanes of at least 4 members (excludes halogenated alkanes) is 7. The molecule has 2 rings (SSSR count). The van der Waals surface area contributed by atoms with E-state index in [0.717, 1.165) is 23.3 Å². The molecule has 33 heavy (non-hydrogen) atoms. The quantitative estimate of drug-likeness (QED) is 0.139. The van der Waals surface area contributed by atoms with Crippen LogP contribution in [0, 0.1) is 17.8 Å². The van der Waals surface area contributed by atoms with Gasteiger partial charge in [0.15, 0.2) is 0 Å². The van der Waals surface area contributed by atoms with Crippen LogP contribution in [0.2, 0.25) is 6.04 Å². The predicted octanol–water partition coefficient (Wildman–Crippen LogP) is 10.3. The average Bonchev–Trinajstić information content (AvgIpc) is 2.85. The highest BCUT2D eigenvalue weighted by molar-refractivity contribution is 6.37. The smallest absolute Gasteiger partial charge is 0.0287 e. The first-order valence-electron chi connectivity index (χ1n) is 15.3. The Kier molecular flexibility index (Phi) is 16.3. The van der Waals surface area contributed by atoms with Crippen molar-refractivity contribution in [2.24, 2.45) is 17.8 Å². The lowest BCUT2D eigenvalue weighted by molar-refractivity contribution is 0.236. The minimum Gasteiger partial charge on any atom is -0.0654 e. The third-order valence-corrected chi connectivity index (χ3v) is 11.2. The van der Waals surface area contributed by atoms with Crippen molar-refractivity contribution in [3.05, 3.63) is 35.9 Å². The first-order chi connectivity index (χ1) is 16.2. The minimum atomic E-state index is 0.0110. The molecule has 1 fully saturated rings. The highest BCUT2D eigenvalue weighted by Gasteiger charge is 2.21. The Labute approximate surface area is 210 Å². The average molecular weight is 471 g/mol. The molecule has 0 N–H and O–H groups in total. The van der Waals surface area contributed by atoms with Gasteiger partial charge in [-0.1, -0.05) is 166 Å². The van der Waals surface area contributed by atoms with Crippen molar-refractivity contribution in [1.82, 2.24) is 0 Å². The molecule has 0 radical (unpaired) electrons. The Hall–Kier alpha value is -0.563. The molecule has 0 aromatic heterocycles. The van der Waals surface area contributed by atoms with Crippen molar-refractivity contribution in [3.63, 3.8) is 0 Å². The third-order valence-electron chi connectivity index (χ3n) is 8.69. The molecule has 1 heteroatoms. The molecule has 0 saturated heterocycles. The Morgan fingerprint density at radius 3 is 2.00 bits per heavy atom. The molecule has 1 aliphatic carbocycles. The highest BCUT2D eigenvalue weighted by atomic mass is 28.2. The molecule has 1 aromatic rings. The summed E-state index contributed by atoms with van der Waals surface area (Å²) in [5.74, 6) is 3.03. The molecule has 0 nitrogen and oxygen atoms in total. The SMILES string of the molecule is CCCCCCCCC1CCC(CCC(C)CCC([SiH2]CCCCC)c2ccccc2)CC1. The van der Waals surface area contributed by atoms with Gasteiger partial charge in [-0.25, -0.2) is 0 Å². The van der Waals surface area contributed by atoms with Crippen molar-refractivity contribution >= 4 is 9.52 Å². The van der Waals surface area contributed by atoms with Crippen LogP contribution in [0.15, 0.2) is 30.3 Å². The van der Waals surface area contributed by atoms with E-state index in [4.69, 9.17) is 0 Å². The topological polar surface area (TPSA) is 0 Å². The van der Waals surface area contributed by atoms with Gasteiger partial charge in [0.1, 0.15) is 0 Å². The van der Waals surface area contributed by atoms with E-state index < -0.39 is 0 Å². The van der Waals surface area contributed by atoms with Crippen molar-refractivity contribution in [2.75, 3.05) is 0 Å². The predicted molar refractivity (Wildman–Crippen MR) is 153 cm³/mol. The molecular weight excluding hydrogens is 412 g/mol. The van der Waals surface area contributed by atoms with Gasteiger partial charge in [-0.3, -0.25) is 0 Å². The highest BCUT2D eigenvalue weighted by Crippen LogP contribution is 2.35. The van der Waals surface area contributed by atoms with Gasteiger partial charge in [-0.2, -0.15) is 0 Å². The van der Waals surface area contributed by atoms with Crippen LogP contribution in [-0.4, -0.2) is 9.52 Å². The van der Waals surface area contributed by atoms with E-state index >= 15 is 0 Å². The van der Waals surface area contributed by atoms with Crippen LogP contribution >= 0.6 is 0 Å². The molecule has 2 atom stereocenters. The van der Waals surface area contributed by atoms with Gasteiger partial charge < -0.3 is 0 Å². The Morgan fingerprint density at radius 1 is 0.697 bits per heavy atom. The van der Waals surface area contributed by atoms with Gasteiger partial charge in [-0.15, -0.1) is 0 Å². The lowest BCUT2D eigenvalue weighted by atomic mass is 9.77. The van der Waals surface area contributed by atoms with Crippen LogP contribution in [0.5, 0.6) is 0 Å². The van der Waals surface area contributed by atoms with Gasteiger partial charge in [0.2, 0.25) is 0 Å². The zero-order valence-electron chi connectivity index (χ0n) is 22.8. The van der Waals surface area contributed by atoms with E-state index in [9.17, 15) is 0 Å². The Balaban J connectivity index is 1.59. The Morgan fingerprint density at radius 2 is 1.30 bits per heavy atom. The van der Waals surface area contributed by atoms with E-state index in [-0.39, 0.29) is 9.52 Å². The fraction of sp³-hybridized carbons (Fsp3) is 0.812. The number of rotatable bonds is 19. The van der Waals surface area contributed by atoms with E-state index in [2.05, 4.69) is 51.1 Å². The monoisotopic (exact) mass is 470 g/mol. The summed E-state index contributed by atoms with van der Waals surface area (Å²) in [4.78, 5) is 0. The van der Waals surface area contributed by atoms with Crippen molar-refractivity contribution in [3.8, 4) is 0 Å². The summed E-state index contributed by atoms with van der Waals surface area (Å²) in [5.41, 5.74) is 2.57. The molecule has 0 spiro atoms. The van der Waals surface area contributed by atoms with E-state index in [1.165, 1.54) is 116 Å². The summed E-state index contributed by atoms with van der Waals surface area (Å²) < 4.78 is 0. The summed E-state index contributed by atoms with van der Waals surface area (Å²) >= 11 is 0. The van der Waals surface area contributed by atoms with Crippen LogP contribution < -0.4 is 0 Å². The molecule has 1 aliphatic rings. The molecule has 0 aliphatic heterocycles. The van der Waals surface area contributed by atoms with Crippen molar-refractivity contribution < 1.29 is 0 Å². The fourth-order valence-corrected chi connectivity index (χ4v) is 8.46. The lowest BCUT2D eigenvalue weighted by Crippen LogP contribution is -2.16. The maximum absolute atomic E-state index is 2.55. The second kappa shape index (κ2) is 18.7. The fourth-order valence-electron chi connectivity index (χ4n) is 6.19. The zero-order valence-corrected chi connectivity index (χ0v) is 24.3. The van der Waals surface area contributed by atoms with E-state index in [1.807, 2.05) is 0 Å². The van der Waals surface area contributed by atoms with Crippen LogP contribution in [0.4, 0.5) is 0 Å². The third kappa shape index (κ3) is 13.2. The van der Waals surface area contributed by atoms with Gasteiger partial charge in [-0.05, 0) is 35.3 Å².